The van der Waals surface area contributed by atoms with Crippen LogP contribution in [0.1, 0.15) is 23.7 Å². The molecule has 0 radical (unpaired) electrons. The summed E-state index contributed by atoms with van der Waals surface area (Å²) in [5, 5.41) is 0. The van der Waals surface area contributed by atoms with Gasteiger partial charge in [-0.3, -0.25) is 9.59 Å². The SMILES string of the molecule is CC(=O)CC(=O)c1ccccc1.[Pd]. The van der Waals surface area contributed by atoms with Crippen LogP contribution in [0.4, 0.5) is 0 Å². The summed E-state index contributed by atoms with van der Waals surface area (Å²) in [6.45, 7) is 1.42. The van der Waals surface area contributed by atoms with Gasteiger partial charge in [-0.05, 0) is 6.92 Å². The molecule has 0 unspecified atom stereocenters. The van der Waals surface area contributed by atoms with E-state index in [-0.39, 0.29) is 38.4 Å². The van der Waals surface area contributed by atoms with Crippen LogP contribution < -0.4 is 0 Å². The third kappa shape index (κ3) is 4.12. The maximum absolute atomic E-state index is 11.2. The zero-order chi connectivity index (χ0) is 8.97. The molecule has 0 aliphatic rings. The number of carbonyl (C=O) groups excluding carboxylic acids is 2. The topological polar surface area (TPSA) is 34.1 Å². The third-order valence-electron chi connectivity index (χ3n) is 1.51. The molecule has 0 aliphatic heterocycles. The number of benzene rings is 1. The fraction of sp³-hybridized carbons (Fsp3) is 0.200. The first-order valence-corrected chi connectivity index (χ1v) is 3.78. The van der Waals surface area contributed by atoms with Crippen molar-refractivity contribution in [3.8, 4) is 0 Å². The zero-order valence-electron chi connectivity index (χ0n) is 7.23. The van der Waals surface area contributed by atoms with Gasteiger partial charge >= 0.3 is 0 Å². The molecule has 3 heteroatoms. The Morgan fingerprint density at radius 1 is 1.15 bits per heavy atom. The van der Waals surface area contributed by atoms with Gasteiger partial charge in [0.25, 0.3) is 0 Å². The Morgan fingerprint density at radius 3 is 2.15 bits per heavy atom. The monoisotopic (exact) mass is 268 g/mol. The van der Waals surface area contributed by atoms with Gasteiger partial charge < -0.3 is 0 Å². The molecule has 1 rings (SSSR count). The molecule has 72 valence electrons. The van der Waals surface area contributed by atoms with Crippen LogP contribution in [0.3, 0.4) is 0 Å². The van der Waals surface area contributed by atoms with Crippen LogP contribution >= 0.6 is 0 Å². The van der Waals surface area contributed by atoms with Gasteiger partial charge in [-0.25, -0.2) is 0 Å². The van der Waals surface area contributed by atoms with Crippen molar-refractivity contribution >= 4 is 11.6 Å². The summed E-state index contributed by atoms with van der Waals surface area (Å²) in [4.78, 5) is 21.8. The number of hydrogen-bond donors (Lipinski definition) is 0. The number of rotatable bonds is 3. The molecular weight excluding hydrogens is 259 g/mol. The first-order valence-electron chi connectivity index (χ1n) is 3.78. The smallest absolute Gasteiger partial charge is 0.170 e. The van der Waals surface area contributed by atoms with E-state index in [1.807, 2.05) is 6.07 Å². The van der Waals surface area contributed by atoms with Crippen LogP contribution in [0.5, 0.6) is 0 Å². The number of Topliss-reactive ketones (excluding diaryl/α,β-unsaturated/α-hetero) is 2. The molecule has 0 aliphatic carbocycles. The van der Waals surface area contributed by atoms with Gasteiger partial charge in [-0.2, -0.15) is 0 Å². The molecule has 0 saturated carbocycles. The van der Waals surface area contributed by atoms with Crippen LogP contribution in [0.2, 0.25) is 0 Å². The fourth-order valence-corrected chi connectivity index (χ4v) is 0.952. The molecular formula is C10H10O2Pd. The van der Waals surface area contributed by atoms with E-state index in [9.17, 15) is 9.59 Å². The second-order valence-electron chi connectivity index (χ2n) is 2.67. The van der Waals surface area contributed by atoms with E-state index in [2.05, 4.69) is 0 Å². The molecule has 0 spiro atoms. The van der Waals surface area contributed by atoms with E-state index in [0.29, 0.717) is 5.56 Å². The standard InChI is InChI=1S/C10H10O2.Pd/c1-8(11)7-10(12)9-5-3-2-4-6-9;/h2-6H,7H2,1H3;. The Bertz CT molecular complexity index is 293. The van der Waals surface area contributed by atoms with Gasteiger partial charge in [0, 0.05) is 26.0 Å². The average molecular weight is 269 g/mol. The molecule has 1 aromatic carbocycles. The number of hydrogen-bond acceptors (Lipinski definition) is 2. The Labute approximate surface area is 91.0 Å². The van der Waals surface area contributed by atoms with Crippen LogP contribution in [0.15, 0.2) is 30.3 Å². The normalized spacial score (nSPS) is 8.69. The molecule has 0 heterocycles. The summed E-state index contributed by atoms with van der Waals surface area (Å²) in [7, 11) is 0. The molecule has 0 amide bonds. The Kier molecular flexibility index (Phi) is 5.45. The molecule has 0 fully saturated rings. The Balaban J connectivity index is 0.00000144. The van der Waals surface area contributed by atoms with Crippen molar-refractivity contribution in [2.45, 2.75) is 13.3 Å². The molecule has 0 aromatic heterocycles. The first-order chi connectivity index (χ1) is 5.70. The maximum Gasteiger partial charge on any atom is 0.170 e. The average Bonchev–Trinajstić information content (AvgIpc) is 2.05. The van der Waals surface area contributed by atoms with E-state index < -0.39 is 0 Å². The van der Waals surface area contributed by atoms with Crippen molar-refractivity contribution in [1.82, 2.24) is 0 Å². The number of ketones is 2. The van der Waals surface area contributed by atoms with Crippen molar-refractivity contribution in [2.75, 3.05) is 0 Å². The van der Waals surface area contributed by atoms with Crippen LogP contribution in [-0.4, -0.2) is 11.6 Å². The number of carbonyl (C=O) groups is 2. The second-order valence-corrected chi connectivity index (χ2v) is 2.67. The van der Waals surface area contributed by atoms with Crippen molar-refractivity contribution in [2.24, 2.45) is 0 Å². The Hall–Kier alpha value is -0.778. The summed E-state index contributed by atoms with van der Waals surface area (Å²) in [5.41, 5.74) is 0.604. The largest absolute Gasteiger partial charge is 0.300 e. The predicted octanol–water partition coefficient (Wildman–Crippen LogP) is 1.85. The third-order valence-corrected chi connectivity index (χ3v) is 1.51. The minimum absolute atomic E-state index is 0. The molecule has 0 atom stereocenters. The first kappa shape index (κ1) is 12.2. The van der Waals surface area contributed by atoms with Crippen LogP contribution in [0.25, 0.3) is 0 Å². The van der Waals surface area contributed by atoms with Gasteiger partial charge in [0.1, 0.15) is 5.78 Å². The fourth-order valence-electron chi connectivity index (χ4n) is 0.952. The summed E-state index contributed by atoms with van der Waals surface area (Å²) in [6.07, 6.45) is 0.00398. The molecule has 0 N–H and O–H groups in total. The molecule has 1 aromatic rings. The summed E-state index contributed by atoms with van der Waals surface area (Å²) in [5.74, 6) is -0.202. The molecule has 13 heavy (non-hydrogen) atoms. The van der Waals surface area contributed by atoms with Gasteiger partial charge in [-0.15, -0.1) is 0 Å². The Morgan fingerprint density at radius 2 is 1.69 bits per heavy atom. The van der Waals surface area contributed by atoms with Crippen LogP contribution in [0, 0.1) is 0 Å². The van der Waals surface area contributed by atoms with Crippen molar-refractivity contribution < 1.29 is 30.0 Å². The molecule has 0 saturated heterocycles. The van der Waals surface area contributed by atoms with Crippen LogP contribution in [-0.2, 0) is 25.2 Å². The molecule has 0 bridgehead atoms. The van der Waals surface area contributed by atoms with Crippen molar-refractivity contribution in [3.63, 3.8) is 0 Å². The summed E-state index contributed by atoms with van der Waals surface area (Å²) < 4.78 is 0. The molecule has 2 nitrogen and oxygen atoms in total. The van der Waals surface area contributed by atoms with Gasteiger partial charge in [0.15, 0.2) is 5.78 Å². The minimum atomic E-state index is -0.108. The zero-order valence-corrected chi connectivity index (χ0v) is 8.78. The van der Waals surface area contributed by atoms with E-state index >= 15 is 0 Å². The van der Waals surface area contributed by atoms with Gasteiger partial charge in [0.05, 0.1) is 6.42 Å². The minimum Gasteiger partial charge on any atom is -0.300 e. The van der Waals surface area contributed by atoms with Crippen molar-refractivity contribution in [1.29, 1.82) is 0 Å². The van der Waals surface area contributed by atoms with Crippen molar-refractivity contribution in [3.05, 3.63) is 35.9 Å². The second kappa shape index (κ2) is 5.80. The summed E-state index contributed by atoms with van der Waals surface area (Å²) in [6, 6.07) is 8.84. The quantitative estimate of drug-likeness (QED) is 0.476. The van der Waals surface area contributed by atoms with Gasteiger partial charge in [0.2, 0.25) is 0 Å². The van der Waals surface area contributed by atoms with E-state index in [1.165, 1.54) is 6.92 Å². The van der Waals surface area contributed by atoms with E-state index in [0.717, 1.165) is 0 Å². The van der Waals surface area contributed by atoms with E-state index in [1.54, 1.807) is 24.3 Å². The van der Waals surface area contributed by atoms with Gasteiger partial charge in [-0.1, -0.05) is 30.3 Å². The maximum atomic E-state index is 11.2. The summed E-state index contributed by atoms with van der Waals surface area (Å²) >= 11 is 0. The van der Waals surface area contributed by atoms with E-state index in [4.69, 9.17) is 0 Å². The predicted molar refractivity (Wildman–Crippen MR) is 46.1 cm³/mol.